The maximum absolute atomic E-state index is 11.4. The molecule has 1 aromatic rings. The van der Waals surface area contributed by atoms with Crippen molar-refractivity contribution in [2.24, 2.45) is 0 Å². The van der Waals surface area contributed by atoms with Crippen LogP contribution < -0.4 is 5.32 Å². The normalized spacial score (nSPS) is 9.82. The fraction of sp³-hybridized carbons (Fsp3) is 0.333. The molecule has 0 unspecified atom stereocenters. The van der Waals surface area contributed by atoms with Gasteiger partial charge in [-0.05, 0) is 30.2 Å². The summed E-state index contributed by atoms with van der Waals surface area (Å²) >= 11 is 3.37. The maximum atomic E-state index is 11.4. The molecule has 0 atom stereocenters. The molecule has 0 radical (unpaired) electrons. The van der Waals surface area contributed by atoms with Crippen molar-refractivity contribution in [1.29, 1.82) is 0 Å². The zero-order chi connectivity index (χ0) is 12.8. The third kappa shape index (κ3) is 4.56. The predicted octanol–water partition coefficient (Wildman–Crippen LogP) is 1.94. The number of hydrogen-bond donors (Lipinski definition) is 1. The van der Waals surface area contributed by atoms with Crippen LogP contribution in [0.4, 0.5) is 0 Å². The van der Waals surface area contributed by atoms with E-state index in [0.29, 0.717) is 6.54 Å². The number of rotatable bonds is 4. The van der Waals surface area contributed by atoms with Gasteiger partial charge in [0, 0.05) is 11.0 Å². The minimum atomic E-state index is -0.534. The molecule has 0 heterocycles. The first-order valence-corrected chi connectivity index (χ1v) is 5.90. The smallest absolute Gasteiger partial charge is 0.315 e. The fourth-order valence-electron chi connectivity index (χ4n) is 1.29. The molecule has 0 aliphatic heterocycles. The molecule has 0 aliphatic carbocycles. The summed E-state index contributed by atoms with van der Waals surface area (Å²) in [5, 5.41) is 2.67. The van der Waals surface area contributed by atoms with Crippen molar-refractivity contribution in [3.63, 3.8) is 0 Å². The number of aryl methyl sites for hydroxylation is 1. The van der Waals surface area contributed by atoms with Gasteiger partial charge in [-0.1, -0.05) is 22.0 Å². The molecule has 0 saturated carbocycles. The van der Waals surface area contributed by atoms with Crippen LogP contribution in [0, 0.1) is 6.92 Å². The summed E-state index contributed by atoms with van der Waals surface area (Å²) in [6.07, 6.45) is -0.246. The lowest BCUT2D eigenvalue weighted by Crippen LogP contribution is -2.25. The highest BCUT2D eigenvalue weighted by molar-refractivity contribution is 9.10. The molecule has 1 rings (SSSR count). The van der Waals surface area contributed by atoms with E-state index in [1.165, 1.54) is 7.11 Å². The van der Waals surface area contributed by atoms with Crippen molar-refractivity contribution in [2.45, 2.75) is 19.9 Å². The van der Waals surface area contributed by atoms with E-state index in [-0.39, 0.29) is 12.3 Å². The maximum Gasteiger partial charge on any atom is 0.315 e. The topological polar surface area (TPSA) is 55.4 Å². The fourth-order valence-corrected chi connectivity index (χ4v) is 1.70. The lowest BCUT2D eigenvalue weighted by Gasteiger charge is -2.08. The summed E-state index contributed by atoms with van der Waals surface area (Å²) in [4.78, 5) is 22.2. The molecule has 0 fully saturated rings. The lowest BCUT2D eigenvalue weighted by molar-refractivity contribution is -0.143. The van der Waals surface area contributed by atoms with Gasteiger partial charge in [0.2, 0.25) is 5.91 Å². The summed E-state index contributed by atoms with van der Waals surface area (Å²) < 4.78 is 5.37. The van der Waals surface area contributed by atoms with E-state index in [1.807, 2.05) is 25.1 Å². The van der Waals surface area contributed by atoms with Gasteiger partial charge in [-0.25, -0.2) is 0 Å². The second-order valence-electron chi connectivity index (χ2n) is 3.60. The Hall–Kier alpha value is -1.36. The molecule has 0 spiro atoms. The number of halogens is 1. The lowest BCUT2D eigenvalue weighted by atomic mass is 10.1. The van der Waals surface area contributed by atoms with Crippen LogP contribution in [0.15, 0.2) is 22.7 Å². The van der Waals surface area contributed by atoms with E-state index in [0.717, 1.165) is 15.6 Å². The average Bonchev–Trinajstić information content (AvgIpc) is 2.30. The number of carbonyl (C=O) groups excluding carboxylic acids is 2. The van der Waals surface area contributed by atoms with Gasteiger partial charge in [-0.3, -0.25) is 9.59 Å². The number of carbonyl (C=O) groups is 2. The molecule has 5 heteroatoms. The van der Waals surface area contributed by atoms with Gasteiger partial charge in [-0.2, -0.15) is 0 Å². The van der Waals surface area contributed by atoms with Gasteiger partial charge in [-0.15, -0.1) is 0 Å². The Morgan fingerprint density at radius 3 is 2.76 bits per heavy atom. The van der Waals surface area contributed by atoms with Crippen LogP contribution in [-0.2, 0) is 20.9 Å². The van der Waals surface area contributed by atoms with Crippen LogP contribution >= 0.6 is 15.9 Å². The van der Waals surface area contributed by atoms with Crippen LogP contribution in [-0.4, -0.2) is 19.0 Å². The Kier molecular flexibility index (Phi) is 5.15. The number of hydrogen-bond acceptors (Lipinski definition) is 3. The minimum Gasteiger partial charge on any atom is -0.469 e. The molecule has 0 saturated heterocycles. The van der Waals surface area contributed by atoms with Gasteiger partial charge < -0.3 is 10.1 Å². The monoisotopic (exact) mass is 299 g/mol. The molecular formula is C12H14BrNO3. The highest BCUT2D eigenvalue weighted by atomic mass is 79.9. The number of esters is 1. The Morgan fingerprint density at radius 1 is 1.41 bits per heavy atom. The molecule has 92 valence electrons. The Morgan fingerprint density at radius 2 is 2.12 bits per heavy atom. The molecule has 1 N–H and O–H groups in total. The molecular weight excluding hydrogens is 286 g/mol. The number of nitrogens with one attached hydrogen (secondary N) is 1. The average molecular weight is 300 g/mol. The quantitative estimate of drug-likeness (QED) is 0.683. The minimum absolute atomic E-state index is 0.246. The van der Waals surface area contributed by atoms with Crippen LogP contribution in [0.2, 0.25) is 0 Å². The first kappa shape index (κ1) is 13.7. The van der Waals surface area contributed by atoms with Crippen molar-refractivity contribution in [1.82, 2.24) is 5.32 Å². The van der Waals surface area contributed by atoms with E-state index in [4.69, 9.17) is 0 Å². The van der Waals surface area contributed by atoms with E-state index >= 15 is 0 Å². The molecule has 1 amide bonds. The summed E-state index contributed by atoms with van der Waals surface area (Å²) in [6.45, 7) is 2.37. The molecule has 0 aromatic heterocycles. The van der Waals surface area contributed by atoms with E-state index in [9.17, 15) is 9.59 Å². The van der Waals surface area contributed by atoms with Crippen LogP contribution in [0.25, 0.3) is 0 Å². The van der Waals surface area contributed by atoms with Crippen molar-refractivity contribution in [3.05, 3.63) is 33.8 Å². The Bertz CT molecular complexity index is 432. The first-order chi connectivity index (χ1) is 8.02. The van der Waals surface area contributed by atoms with Gasteiger partial charge in [0.1, 0.15) is 6.42 Å². The first-order valence-electron chi connectivity index (χ1n) is 5.11. The summed E-state index contributed by atoms with van der Waals surface area (Å²) in [6, 6.07) is 5.84. The van der Waals surface area contributed by atoms with E-state index < -0.39 is 5.97 Å². The highest BCUT2D eigenvalue weighted by Gasteiger charge is 2.09. The number of benzene rings is 1. The van der Waals surface area contributed by atoms with Gasteiger partial charge in [0.15, 0.2) is 0 Å². The number of amides is 1. The summed E-state index contributed by atoms with van der Waals surface area (Å²) in [7, 11) is 1.26. The van der Waals surface area contributed by atoms with Crippen molar-refractivity contribution >= 4 is 27.8 Å². The molecule has 17 heavy (non-hydrogen) atoms. The third-order valence-electron chi connectivity index (χ3n) is 2.32. The Labute approximate surface area is 108 Å². The van der Waals surface area contributed by atoms with Gasteiger partial charge >= 0.3 is 5.97 Å². The second kappa shape index (κ2) is 6.39. The summed E-state index contributed by atoms with van der Waals surface area (Å²) in [5.74, 6) is -0.871. The third-order valence-corrected chi connectivity index (χ3v) is 2.81. The largest absolute Gasteiger partial charge is 0.469 e. The zero-order valence-electron chi connectivity index (χ0n) is 9.75. The number of methoxy groups -OCH3 is 1. The van der Waals surface area contributed by atoms with Crippen LogP contribution in [0.1, 0.15) is 17.5 Å². The second-order valence-corrected chi connectivity index (χ2v) is 4.52. The van der Waals surface area contributed by atoms with Gasteiger partial charge in [0.25, 0.3) is 0 Å². The zero-order valence-corrected chi connectivity index (χ0v) is 11.3. The van der Waals surface area contributed by atoms with E-state index in [2.05, 4.69) is 26.0 Å². The van der Waals surface area contributed by atoms with Crippen molar-refractivity contribution < 1.29 is 14.3 Å². The predicted molar refractivity (Wildman–Crippen MR) is 67.4 cm³/mol. The molecule has 1 aromatic carbocycles. The highest BCUT2D eigenvalue weighted by Crippen LogP contribution is 2.15. The Balaban J connectivity index is 2.53. The SMILES string of the molecule is COC(=O)CC(=O)NCc1cc(Br)ccc1C. The van der Waals surface area contributed by atoms with Crippen molar-refractivity contribution in [3.8, 4) is 0 Å². The summed E-state index contributed by atoms with van der Waals surface area (Å²) in [5.41, 5.74) is 2.10. The molecule has 0 bridgehead atoms. The number of ether oxygens (including phenoxy) is 1. The standard InChI is InChI=1S/C12H14BrNO3/c1-8-3-4-10(13)5-9(8)7-14-11(15)6-12(16)17-2/h3-5H,6-7H2,1-2H3,(H,14,15). The van der Waals surface area contributed by atoms with Crippen LogP contribution in [0.5, 0.6) is 0 Å². The van der Waals surface area contributed by atoms with Gasteiger partial charge in [0.05, 0.1) is 7.11 Å². The molecule has 0 aliphatic rings. The van der Waals surface area contributed by atoms with Crippen molar-refractivity contribution in [2.75, 3.05) is 7.11 Å². The molecule has 4 nitrogen and oxygen atoms in total. The van der Waals surface area contributed by atoms with Crippen LogP contribution in [0.3, 0.4) is 0 Å². The van der Waals surface area contributed by atoms with E-state index in [1.54, 1.807) is 0 Å².